The van der Waals surface area contributed by atoms with E-state index in [-0.39, 0.29) is 11.7 Å². The van der Waals surface area contributed by atoms with Gasteiger partial charge >= 0.3 is 12.2 Å². The molecule has 4 aromatic rings. The van der Waals surface area contributed by atoms with Crippen LogP contribution in [0, 0.1) is 11.5 Å². The molecule has 0 radical (unpaired) electrons. The number of amides is 2. The lowest BCUT2D eigenvalue weighted by Crippen LogP contribution is -2.59. The number of hydrogen-bond acceptors (Lipinski definition) is 14. The van der Waals surface area contributed by atoms with Crippen LogP contribution in [0.5, 0.6) is 0 Å². The fourth-order valence-corrected chi connectivity index (χ4v) is 8.31. The van der Waals surface area contributed by atoms with E-state index in [1.165, 1.54) is 11.8 Å². The van der Waals surface area contributed by atoms with Gasteiger partial charge in [-0.2, -0.15) is 4.90 Å². The first-order chi connectivity index (χ1) is 26.4. The van der Waals surface area contributed by atoms with Crippen LogP contribution in [0.15, 0.2) is 65.3 Å². The number of ether oxygens (including phenoxy) is 6. The number of carbonyl (C=O) groups is 2. The summed E-state index contributed by atoms with van der Waals surface area (Å²) < 4.78 is 38.6. The number of anilines is 1. The third-order valence-electron chi connectivity index (χ3n) is 8.11. The number of pyridine rings is 1. The number of methoxy groups -OCH3 is 1. The van der Waals surface area contributed by atoms with E-state index >= 15 is 0 Å². The first kappa shape index (κ1) is 41.5. The third kappa shape index (κ3) is 10.4. The Labute approximate surface area is 336 Å². The van der Waals surface area contributed by atoms with Gasteiger partial charge in [-0.15, -0.1) is 22.0 Å². The zero-order chi connectivity index (χ0) is 40.4. The molecule has 0 N–H and O–H groups in total. The van der Waals surface area contributed by atoms with E-state index in [1.54, 1.807) is 77.3 Å². The number of hydrogen-bond donors (Lipinski definition) is 0. The van der Waals surface area contributed by atoms with Crippen LogP contribution in [-0.2, 0) is 28.4 Å². The quantitative estimate of drug-likeness (QED) is 0.132. The SMILES string of the molecule is COC1[C@@H](Sc2cncc(C#C[Si](C)(C)C)c2)OC2COC(c3ccccc3)O[C@@H]2[C@@H]1n1cc(-c2csc(N(C(=O)OC(C)(C)C)C(=O)OC(C)(C)C)n2)nn1. The van der Waals surface area contributed by atoms with Crippen LogP contribution >= 0.6 is 23.1 Å². The molecule has 0 bridgehead atoms. The smallest absolute Gasteiger partial charge is 0.426 e. The number of imide groups is 1. The summed E-state index contributed by atoms with van der Waals surface area (Å²) in [4.78, 5) is 37.4. The highest BCUT2D eigenvalue weighted by molar-refractivity contribution is 7.99. The number of thiazole rings is 1. The molecule has 17 heteroatoms. The second-order valence-corrected chi connectivity index (χ2v) is 23.1. The summed E-state index contributed by atoms with van der Waals surface area (Å²) in [5.41, 5.74) is 3.61. The number of benzene rings is 1. The van der Waals surface area contributed by atoms with E-state index in [0.29, 0.717) is 11.4 Å². The molecular formula is C39H48N6O8S2Si. The fourth-order valence-electron chi connectivity index (χ4n) is 5.81. The molecule has 56 heavy (non-hydrogen) atoms. The average Bonchev–Trinajstić information content (AvgIpc) is 3.79. The van der Waals surface area contributed by atoms with Crippen LogP contribution in [0.25, 0.3) is 11.4 Å². The summed E-state index contributed by atoms with van der Waals surface area (Å²) in [5, 5.41) is 10.8. The van der Waals surface area contributed by atoms with Gasteiger partial charge in [0.1, 0.15) is 60.5 Å². The second-order valence-electron chi connectivity index (χ2n) is 16.3. The van der Waals surface area contributed by atoms with E-state index < -0.39 is 67.5 Å². The number of aromatic nitrogens is 5. The molecule has 0 aliphatic carbocycles. The molecule has 2 aliphatic rings. The second kappa shape index (κ2) is 16.8. The number of nitrogens with zero attached hydrogens (tertiary/aromatic N) is 6. The molecule has 3 unspecified atom stereocenters. The molecule has 298 valence electrons. The number of thioether (sulfide) groups is 1. The molecule has 0 saturated carbocycles. The summed E-state index contributed by atoms with van der Waals surface area (Å²) in [6.07, 6.45) is 1.20. The maximum atomic E-state index is 13.3. The van der Waals surface area contributed by atoms with Crippen molar-refractivity contribution >= 4 is 48.5 Å². The Morgan fingerprint density at radius 1 is 1.00 bits per heavy atom. The predicted octanol–water partition coefficient (Wildman–Crippen LogP) is 7.89. The van der Waals surface area contributed by atoms with Gasteiger partial charge in [0.15, 0.2) is 6.29 Å². The van der Waals surface area contributed by atoms with Gasteiger partial charge in [0, 0.05) is 40.9 Å². The van der Waals surface area contributed by atoms with Crippen LogP contribution in [0.2, 0.25) is 19.6 Å². The van der Waals surface area contributed by atoms with Crippen LogP contribution in [-0.4, -0.2) is 93.9 Å². The highest BCUT2D eigenvalue weighted by Crippen LogP contribution is 2.44. The fraction of sp³-hybridized carbons (Fsp3) is 0.487. The Bertz CT molecular complexity index is 2040. The molecule has 2 aliphatic heterocycles. The van der Waals surface area contributed by atoms with Crippen molar-refractivity contribution in [3.63, 3.8) is 0 Å². The lowest BCUT2D eigenvalue weighted by Gasteiger charge is -2.48. The van der Waals surface area contributed by atoms with Crippen molar-refractivity contribution in [3.05, 3.63) is 71.5 Å². The standard InChI is InChI=1S/C39H48N6O8S2Si/c1-38(2,3)52-36(46)45(37(47)53-39(4,5)6)35-41-28(23-54-35)27-21-44(43-42-27)30-31-29(22-49-33(51-31)25-14-12-11-13-15-25)50-34(32(30)48-7)55-26-18-24(19-40-20-26)16-17-56(8,9)10/h11-15,18-21,23,29-34H,22H2,1-10H3/t29?,30-,31-,32?,33?,34+/m0/s1. The summed E-state index contributed by atoms with van der Waals surface area (Å²) in [5.74, 6) is 3.29. The van der Waals surface area contributed by atoms with Crippen molar-refractivity contribution in [2.45, 2.75) is 113 Å². The normalized spacial score (nSPS) is 22.7. The Morgan fingerprint density at radius 3 is 2.34 bits per heavy atom. The highest BCUT2D eigenvalue weighted by atomic mass is 32.2. The summed E-state index contributed by atoms with van der Waals surface area (Å²) >= 11 is 2.54. The number of carbonyl (C=O) groups excluding carboxylic acids is 2. The van der Waals surface area contributed by atoms with Crippen molar-refractivity contribution in [3.8, 4) is 22.9 Å². The van der Waals surface area contributed by atoms with Gasteiger partial charge in [0.05, 0.1) is 12.8 Å². The van der Waals surface area contributed by atoms with Crippen molar-refractivity contribution < 1.29 is 38.0 Å². The molecule has 3 aromatic heterocycles. The summed E-state index contributed by atoms with van der Waals surface area (Å²) in [6, 6.07) is 11.2. The maximum Gasteiger partial charge on any atom is 0.426 e. The molecule has 2 fully saturated rings. The van der Waals surface area contributed by atoms with Gasteiger partial charge in [0.2, 0.25) is 5.13 Å². The lowest BCUT2D eigenvalue weighted by molar-refractivity contribution is -0.308. The van der Waals surface area contributed by atoms with Crippen molar-refractivity contribution in [1.29, 1.82) is 0 Å². The predicted molar refractivity (Wildman–Crippen MR) is 215 cm³/mol. The molecule has 6 atom stereocenters. The summed E-state index contributed by atoms with van der Waals surface area (Å²) in [6.45, 7) is 17.1. The Balaban J connectivity index is 1.33. The minimum Gasteiger partial charge on any atom is -0.443 e. The Kier molecular flexibility index (Phi) is 12.4. The van der Waals surface area contributed by atoms with Crippen molar-refractivity contribution in [1.82, 2.24) is 25.0 Å². The lowest BCUT2D eigenvalue weighted by atomic mass is 9.95. The zero-order valence-electron chi connectivity index (χ0n) is 33.2. The van der Waals surface area contributed by atoms with Gasteiger partial charge in [-0.05, 0) is 47.6 Å². The molecule has 2 saturated heterocycles. The van der Waals surface area contributed by atoms with Crippen molar-refractivity contribution in [2.24, 2.45) is 0 Å². The van der Waals surface area contributed by atoms with Gasteiger partial charge in [0.25, 0.3) is 0 Å². The Hall–Kier alpha value is -4.15. The monoisotopic (exact) mass is 820 g/mol. The third-order valence-corrected chi connectivity index (χ3v) is 10.9. The largest absolute Gasteiger partial charge is 0.443 e. The first-order valence-electron chi connectivity index (χ1n) is 18.2. The van der Waals surface area contributed by atoms with Crippen LogP contribution < -0.4 is 4.90 Å². The molecule has 0 spiro atoms. The number of rotatable bonds is 7. The van der Waals surface area contributed by atoms with E-state index in [9.17, 15) is 9.59 Å². The van der Waals surface area contributed by atoms with E-state index in [4.69, 9.17) is 28.4 Å². The molecule has 2 amide bonds. The van der Waals surface area contributed by atoms with Gasteiger partial charge in [-0.1, -0.05) is 72.9 Å². The average molecular weight is 821 g/mol. The maximum absolute atomic E-state index is 13.3. The molecule has 6 rings (SSSR count). The molecule has 14 nitrogen and oxygen atoms in total. The van der Waals surface area contributed by atoms with Gasteiger partial charge in [-0.3, -0.25) is 4.98 Å². The van der Waals surface area contributed by atoms with Gasteiger partial charge < -0.3 is 28.4 Å². The van der Waals surface area contributed by atoms with Crippen molar-refractivity contribution in [2.75, 3.05) is 18.6 Å². The molecule has 5 heterocycles. The van der Waals surface area contributed by atoms with E-state index in [0.717, 1.165) is 32.3 Å². The highest BCUT2D eigenvalue weighted by Gasteiger charge is 2.52. The zero-order valence-corrected chi connectivity index (χ0v) is 35.8. The minimum absolute atomic E-state index is 0.0549. The molecule has 1 aromatic carbocycles. The minimum atomic E-state index is -1.60. The van der Waals surface area contributed by atoms with Crippen LogP contribution in [0.4, 0.5) is 14.7 Å². The Morgan fingerprint density at radius 2 is 1.70 bits per heavy atom. The van der Waals surface area contributed by atoms with E-state index in [1.807, 2.05) is 36.4 Å². The van der Waals surface area contributed by atoms with Gasteiger partial charge in [-0.25, -0.2) is 19.3 Å². The number of fused-ring (bicyclic) bond motifs is 1. The topological polar surface area (TPSA) is 149 Å². The summed E-state index contributed by atoms with van der Waals surface area (Å²) in [7, 11) is 0.0294. The van der Waals surface area contributed by atoms with Crippen LogP contribution in [0.3, 0.4) is 0 Å². The van der Waals surface area contributed by atoms with E-state index in [2.05, 4.69) is 51.4 Å². The molecular weight excluding hydrogens is 773 g/mol. The van der Waals surface area contributed by atoms with Crippen LogP contribution in [0.1, 0.15) is 65.0 Å². The first-order valence-corrected chi connectivity index (χ1v) is 23.4.